The van der Waals surface area contributed by atoms with E-state index in [4.69, 9.17) is 9.47 Å². The van der Waals surface area contributed by atoms with Crippen LogP contribution in [0.2, 0.25) is 0 Å². The summed E-state index contributed by atoms with van der Waals surface area (Å²) in [5.74, 6) is 0.320. The molecule has 0 saturated carbocycles. The van der Waals surface area contributed by atoms with Crippen molar-refractivity contribution in [2.24, 2.45) is 5.92 Å². The third-order valence-corrected chi connectivity index (χ3v) is 2.40. The van der Waals surface area contributed by atoms with Gasteiger partial charge in [0.1, 0.15) is 18.3 Å². The highest BCUT2D eigenvalue weighted by atomic mass is 16.7. The lowest BCUT2D eigenvalue weighted by Gasteiger charge is -2.39. The predicted octanol–water partition coefficient (Wildman–Crippen LogP) is -0.514. The zero-order valence-electron chi connectivity index (χ0n) is 9.33. The molecule has 0 aliphatic carbocycles. The van der Waals surface area contributed by atoms with Gasteiger partial charge in [0.2, 0.25) is 0 Å². The van der Waals surface area contributed by atoms with E-state index in [2.05, 4.69) is 0 Å². The summed E-state index contributed by atoms with van der Waals surface area (Å²) in [6, 6.07) is 0. The van der Waals surface area contributed by atoms with E-state index in [0.717, 1.165) is 0 Å². The van der Waals surface area contributed by atoms with Crippen LogP contribution < -0.4 is 0 Å². The summed E-state index contributed by atoms with van der Waals surface area (Å²) in [5, 5.41) is 28.5. The molecule has 0 amide bonds. The first kappa shape index (κ1) is 12.9. The number of aliphatic hydroxyl groups excluding tert-OH is 3. The average Bonchev–Trinajstić information content (AvgIpc) is 2.18. The van der Waals surface area contributed by atoms with Gasteiger partial charge in [-0.05, 0) is 12.8 Å². The predicted molar refractivity (Wildman–Crippen MR) is 53.1 cm³/mol. The van der Waals surface area contributed by atoms with E-state index in [9.17, 15) is 15.3 Å². The van der Waals surface area contributed by atoms with Gasteiger partial charge >= 0.3 is 0 Å². The van der Waals surface area contributed by atoms with E-state index in [1.807, 2.05) is 13.8 Å². The Morgan fingerprint density at radius 3 is 2.27 bits per heavy atom. The molecule has 2 unspecified atom stereocenters. The molecule has 1 fully saturated rings. The van der Waals surface area contributed by atoms with E-state index >= 15 is 0 Å². The van der Waals surface area contributed by atoms with Gasteiger partial charge in [-0.3, -0.25) is 0 Å². The van der Waals surface area contributed by atoms with Crippen molar-refractivity contribution in [3.63, 3.8) is 0 Å². The van der Waals surface area contributed by atoms with Crippen LogP contribution >= 0.6 is 0 Å². The van der Waals surface area contributed by atoms with Crippen LogP contribution in [0.4, 0.5) is 0 Å². The molecule has 5 heteroatoms. The van der Waals surface area contributed by atoms with Crippen LogP contribution in [0.25, 0.3) is 0 Å². The fourth-order valence-corrected chi connectivity index (χ4v) is 1.44. The van der Waals surface area contributed by atoms with E-state index < -0.39 is 30.7 Å². The molecule has 1 aliphatic heterocycles. The van der Waals surface area contributed by atoms with Crippen LogP contribution in [0.3, 0.4) is 0 Å². The normalized spacial score (nSPS) is 42.2. The number of rotatable bonds is 3. The molecule has 0 radical (unpaired) electrons. The van der Waals surface area contributed by atoms with Gasteiger partial charge in [0.05, 0.1) is 12.7 Å². The monoisotopic (exact) mass is 220 g/mol. The van der Waals surface area contributed by atoms with Crippen molar-refractivity contribution in [3.8, 4) is 0 Å². The van der Waals surface area contributed by atoms with Gasteiger partial charge in [-0.2, -0.15) is 0 Å². The Bertz CT molecular complexity index is 196. The van der Waals surface area contributed by atoms with Crippen molar-refractivity contribution in [2.45, 2.75) is 51.5 Å². The quantitative estimate of drug-likeness (QED) is 0.597. The first-order chi connectivity index (χ1) is 6.93. The molecule has 15 heavy (non-hydrogen) atoms. The fourth-order valence-electron chi connectivity index (χ4n) is 1.44. The van der Waals surface area contributed by atoms with Crippen LogP contribution in [0, 0.1) is 5.92 Å². The minimum absolute atomic E-state index is 0.320. The molecule has 1 rings (SSSR count). The lowest BCUT2D eigenvalue weighted by molar-refractivity contribution is -0.294. The topological polar surface area (TPSA) is 79.2 Å². The number of hydrogen-bond acceptors (Lipinski definition) is 5. The molecular weight excluding hydrogens is 200 g/mol. The average molecular weight is 220 g/mol. The SMILES string of the molecule is CC(C)CO[C@@H]1O[C@@H](C)[C@@H](O)C(O)C1O. The second-order valence-corrected chi connectivity index (χ2v) is 4.41. The lowest BCUT2D eigenvalue weighted by Crippen LogP contribution is -2.57. The van der Waals surface area contributed by atoms with Crippen LogP contribution in [0.5, 0.6) is 0 Å². The fraction of sp³-hybridized carbons (Fsp3) is 1.00. The largest absolute Gasteiger partial charge is 0.388 e. The third-order valence-electron chi connectivity index (χ3n) is 2.40. The zero-order chi connectivity index (χ0) is 11.6. The van der Waals surface area contributed by atoms with Gasteiger partial charge in [0, 0.05) is 0 Å². The van der Waals surface area contributed by atoms with Gasteiger partial charge in [-0.15, -0.1) is 0 Å². The molecule has 0 aromatic heterocycles. The molecular formula is C10H20O5. The molecule has 1 heterocycles. The molecule has 1 saturated heterocycles. The maximum absolute atomic E-state index is 9.58. The zero-order valence-corrected chi connectivity index (χ0v) is 9.33. The van der Waals surface area contributed by atoms with Crippen molar-refractivity contribution in [1.29, 1.82) is 0 Å². The molecule has 5 nitrogen and oxygen atoms in total. The highest BCUT2D eigenvalue weighted by Crippen LogP contribution is 2.21. The number of ether oxygens (including phenoxy) is 2. The van der Waals surface area contributed by atoms with Crippen molar-refractivity contribution < 1.29 is 24.8 Å². The molecule has 90 valence electrons. The molecule has 0 aromatic carbocycles. The Morgan fingerprint density at radius 2 is 1.73 bits per heavy atom. The molecule has 3 N–H and O–H groups in total. The summed E-state index contributed by atoms with van der Waals surface area (Å²) in [5.41, 5.74) is 0. The van der Waals surface area contributed by atoms with Crippen LogP contribution in [0.15, 0.2) is 0 Å². The maximum atomic E-state index is 9.58. The van der Waals surface area contributed by atoms with Crippen molar-refractivity contribution >= 4 is 0 Å². The van der Waals surface area contributed by atoms with E-state index in [0.29, 0.717) is 12.5 Å². The lowest BCUT2D eigenvalue weighted by atomic mass is 10.00. The Balaban J connectivity index is 2.51. The Hall–Kier alpha value is -0.200. The minimum Gasteiger partial charge on any atom is -0.388 e. The Kier molecular flexibility index (Phi) is 4.48. The minimum atomic E-state index is -1.22. The van der Waals surface area contributed by atoms with E-state index in [1.54, 1.807) is 6.92 Å². The first-order valence-corrected chi connectivity index (χ1v) is 5.24. The van der Waals surface area contributed by atoms with Crippen LogP contribution in [0.1, 0.15) is 20.8 Å². The van der Waals surface area contributed by atoms with Gasteiger partial charge in [0.15, 0.2) is 6.29 Å². The van der Waals surface area contributed by atoms with Gasteiger partial charge in [0.25, 0.3) is 0 Å². The molecule has 0 aromatic rings. The summed E-state index contributed by atoms with van der Waals surface area (Å²) < 4.78 is 10.6. The smallest absolute Gasteiger partial charge is 0.186 e. The van der Waals surface area contributed by atoms with Crippen LogP contribution in [-0.4, -0.2) is 52.6 Å². The van der Waals surface area contributed by atoms with Crippen molar-refractivity contribution in [2.75, 3.05) is 6.61 Å². The summed E-state index contributed by atoms with van der Waals surface area (Å²) in [6.45, 7) is 6.02. The summed E-state index contributed by atoms with van der Waals surface area (Å²) in [6.07, 6.45) is -4.89. The second kappa shape index (κ2) is 5.23. The first-order valence-electron chi connectivity index (χ1n) is 5.24. The van der Waals surface area contributed by atoms with Crippen LogP contribution in [-0.2, 0) is 9.47 Å². The van der Waals surface area contributed by atoms with Crippen molar-refractivity contribution in [1.82, 2.24) is 0 Å². The molecule has 0 spiro atoms. The molecule has 0 bridgehead atoms. The summed E-state index contributed by atoms with van der Waals surface area (Å²) in [4.78, 5) is 0. The van der Waals surface area contributed by atoms with Gasteiger partial charge in [-0.1, -0.05) is 13.8 Å². The molecule has 5 atom stereocenters. The van der Waals surface area contributed by atoms with E-state index in [1.165, 1.54) is 0 Å². The molecule has 1 aliphatic rings. The van der Waals surface area contributed by atoms with Gasteiger partial charge in [-0.25, -0.2) is 0 Å². The standard InChI is InChI=1S/C10H20O5/c1-5(2)4-14-10-9(13)8(12)7(11)6(3)15-10/h5-13H,4H2,1-3H3/t6-,7+,8?,9?,10+/m0/s1. The summed E-state index contributed by atoms with van der Waals surface area (Å²) >= 11 is 0. The highest BCUT2D eigenvalue weighted by Gasteiger charge is 2.42. The summed E-state index contributed by atoms with van der Waals surface area (Å²) in [7, 11) is 0. The third kappa shape index (κ3) is 3.12. The van der Waals surface area contributed by atoms with Crippen molar-refractivity contribution in [3.05, 3.63) is 0 Å². The Morgan fingerprint density at radius 1 is 1.13 bits per heavy atom. The van der Waals surface area contributed by atoms with E-state index in [-0.39, 0.29) is 0 Å². The number of hydrogen-bond donors (Lipinski definition) is 3. The second-order valence-electron chi connectivity index (χ2n) is 4.41. The highest BCUT2D eigenvalue weighted by molar-refractivity contribution is 4.87. The number of aliphatic hydroxyl groups is 3. The maximum Gasteiger partial charge on any atom is 0.186 e. The van der Waals surface area contributed by atoms with Gasteiger partial charge < -0.3 is 24.8 Å². The Labute approximate surface area is 89.6 Å².